The Morgan fingerprint density at radius 3 is 1.33 bits per heavy atom. The van der Waals surface area contributed by atoms with Crippen molar-refractivity contribution in [2.75, 3.05) is 14.2 Å². The van der Waals surface area contributed by atoms with Gasteiger partial charge in [0, 0.05) is 0 Å². The molecule has 18 heavy (non-hydrogen) atoms. The van der Waals surface area contributed by atoms with Crippen LogP contribution in [0.1, 0.15) is 0 Å². The summed E-state index contributed by atoms with van der Waals surface area (Å²) in [5.74, 6) is 1.76. The molecule has 0 unspecified atom stereocenters. The van der Waals surface area contributed by atoms with Gasteiger partial charge < -0.3 is 21.9 Å². The van der Waals surface area contributed by atoms with E-state index in [9.17, 15) is 0 Å². The fourth-order valence-corrected chi connectivity index (χ4v) is 1.02. The summed E-state index contributed by atoms with van der Waals surface area (Å²) < 4.78 is 9.79. The van der Waals surface area contributed by atoms with Crippen LogP contribution in [0.15, 0.2) is 59.4 Å². The van der Waals surface area contributed by atoms with Crippen LogP contribution in [0.25, 0.3) is 0 Å². The Balaban J connectivity index is 0. The molecule has 0 bridgehead atoms. The Labute approximate surface area is 134 Å². The van der Waals surface area contributed by atoms with Crippen LogP contribution in [0.2, 0.25) is 0 Å². The van der Waals surface area contributed by atoms with Crippen LogP contribution in [0.3, 0.4) is 0 Å². The van der Waals surface area contributed by atoms with Crippen LogP contribution >= 0.6 is 0 Å². The largest absolute Gasteiger partial charge is 1.00 e. The SMILES string of the molecule is COC1=CC=C=C[CH]1.COC1=CC=C=C[CH]1.[Cl-].[In+]. The number of halogens is 1. The smallest absolute Gasteiger partial charge is 1.00 e. The molecule has 92 valence electrons. The van der Waals surface area contributed by atoms with Crippen molar-refractivity contribution < 1.29 is 21.9 Å². The molecular weight excluding hydrogens is 350 g/mol. The van der Waals surface area contributed by atoms with E-state index in [0.29, 0.717) is 0 Å². The molecule has 0 aromatic carbocycles. The van der Waals surface area contributed by atoms with E-state index in [2.05, 4.69) is 11.5 Å². The number of allylic oxidation sites excluding steroid dienone is 4. The van der Waals surface area contributed by atoms with Gasteiger partial charge in [-0.25, -0.2) is 0 Å². The van der Waals surface area contributed by atoms with E-state index < -0.39 is 0 Å². The molecule has 0 aromatic heterocycles. The maximum absolute atomic E-state index is 4.89. The first kappa shape index (κ1) is 19.6. The molecule has 2 aliphatic rings. The van der Waals surface area contributed by atoms with Gasteiger partial charge >= 0.3 is 25.8 Å². The first-order valence-electron chi connectivity index (χ1n) is 4.87. The first-order valence-corrected chi connectivity index (χ1v) is 4.87. The van der Waals surface area contributed by atoms with Gasteiger partial charge in [0.1, 0.15) is 11.5 Å². The van der Waals surface area contributed by atoms with Crippen molar-refractivity contribution in [1.82, 2.24) is 0 Å². The molecule has 0 saturated heterocycles. The van der Waals surface area contributed by atoms with E-state index in [4.69, 9.17) is 9.47 Å². The molecule has 2 rings (SSSR count). The minimum absolute atomic E-state index is 0. The number of ether oxygens (including phenoxy) is 2. The average Bonchev–Trinajstić information content (AvgIpc) is 2.41. The van der Waals surface area contributed by atoms with Crippen molar-refractivity contribution in [2.24, 2.45) is 0 Å². The van der Waals surface area contributed by atoms with Gasteiger partial charge in [0.15, 0.2) is 0 Å². The van der Waals surface area contributed by atoms with Crippen molar-refractivity contribution >= 4 is 25.8 Å². The van der Waals surface area contributed by atoms with Gasteiger partial charge in [-0.05, 0) is 36.5 Å². The molecule has 2 nitrogen and oxygen atoms in total. The molecular formula is C14H14ClInO2. The zero-order valence-electron chi connectivity index (χ0n) is 10.4. The standard InChI is InChI=1S/2C7H7O.ClH.In/c2*1-8-7-5-3-2-4-6-7;;/h2*3-6H,1H3;1H;/q;;;+1/p-1. The summed E-state index contributed by atoms with van der Waals surface area (Å²) in [6, 6.07) is 0. The zero-order chi connectivity index (χ0) is 11.6. The summed E-state index contributed by atoms with van der Waals surface area (Å²) in [6.07, 6.45) is 14.7. The maximum atomic E-state index is 4.89. The number of hydrogen-bond acceptors (Lipinski definition) is 2. The van der Waals surface area contributed by atoms with Gasteiger partial charge in [0.25, 0.3) is 0 Å². The molecule has 0 aliphatic heterocycles. The van der Waals surface area contributed by atoms with Gasteiger partial charge in [-0.1, -0.05) is 0 Å². The molecule has 0 spiro atoms. The minimum atomic E-state index is 0. The molecule has 0 atom stereocenters. The predicted octanol–water partition coefficient (Wildman–Crippen LogP) is -0.485. The summed E-state index contributed by atoms with van der Waals surface area (Å²) in [5, 5.41) is 0. The Bertz CT molecular complexity index is 370. The fraction of sp³-hybridized carbons (Fsp3) is 0.143. The second kappa shape index (κ2) is 12.7. The molecule has 2 aliphatic carbocycles. The third kappa shape index (κ3) is 8.38. The van der Waals surface area contributed by atoms with Gasteiger partial charge in [0.2, 0.25) is 0 Å². The van der Waals surface area contributed by atoms with Gasteiger partial charge in [-0.15, -0.1) is 11.5 Å². The molecule has 0 saturated carbocycles. The molecule has 0 N–H and O–H groups in total. The van der Waals surface area contributed by atoms with E-state index >= 15 is 0 Å². The third-order valence-corrected chi connectivity index (χ3v) is 1.85. The summed E-state index contributed by atoms with van der Waals surface area (Å²) in [4.78, 5) is 0. The van der Waals surface area contributed by atoms with Crippen molar-refractivity contribution in [3.63, 3.8) is 0 Å². The third-order valence-electron chi connectivity index (χ3n) is 1.85. The van der Waals surface area contributed by atoms with E-state index in [1.54, 1.807) is 14.2 Å². The minimum Gasteiger partial charge on any atom is -1.00 e. The molecule has 4 radical (unpaired) electrons. The van der Waals surface area contributed by atoms with Crippen molar-refractivity contribution in [3.8, 4) is 0 Å². The molecule has 0 amide bonds. The number of rotatable bonds is 2. The van der Waals surface area contributed by atoms with Crippen LogP contribution in [-0.2, 0) is 9.47 Å². The van der Waals surface area contributed by atoms with E-state index in [1.807, 2.05) is 49.3 Å². The second-order valence-electron chi connectivity index (χ2n) is 2.88. The predicted molar refractivity (Wildman–Crippen MR) is 69.8 cm³/mol. The Hall–Kier alpha value is -0.720. The normalized spacial score (nSPS) is 14.1. The van der Waals surface area contributed by atoms with Gasteiger partial charge in [0.05, 0.1) is 27.1 Å². The number of methoxy groups -OCH3 is 2. The molecule has 0 aromatic rings. The molecule has 0 heterocycles. The number of hydrogen-bond donors (Lipinski definition) is 0. The van der Waals surface area contributed by atoms with E-state index in [0.717, 1.165) is 11.5 Å². The monoisotopic (exact) mass is 364 g/mol. The summed E-state index contributed by atoms with van der Waals surface area (Å²) in [5.41, 5.74) is 5.77. The summed E-state index contributed by atoms with van der Waals surface area (Å²) in [6.45, 7) is 0. The van der Waals surface area contributed by atoms with Crippen LogP contribution in [0.4, 0.5) is 0 Å². The Morgan fingerprint density at radius 1 is 0.778 bits per heavy atom. The zero-order valence-corrected chi connectivity index (χ0v) is 14.4. The average molecular weight is 365 g/mol. The van der Waals surface area contributed by atoms with Gasteiger partial charge in [-0.2, -0.15) is 0 Å². The quantitative estimate of drug-likeness (QED) is 0.616. The van der Waals surface area contributed by atoms with Crippen LogP contribution < -0.4 is 12.4 Å². The first-order chi connectivity index (χ1) is 7.86. The van der Waals surface area contributed by atoms with Crippen LogP contribution in [0, 0.1) is 12.8 Å². The van der Waals surface area contributed by atoms with Gasteiger partial charge in [-0.3, -0.25) is 0 Å². The van der Waals surface area contributed by atoms with E-state index in [1.165, 1.54) is 0 Å². The van der Waals surface area contributed by atoms with E-state index in [-0.39, 0.29) is 38.3 Å². The summed E-state index contributed by atoms with van der Waals surface area (Å²) >= 11 is 0. The Morgan fingerprint density at radius 2 is 1.17 bits per heavy atom. The van der Waals surface area contributed by atoms with Crippen LogP contribution in [-0.4, -0.2) is 40.1 Å². The summed E-state index contributed by atoms with van der Waals surface area (Å²) in [7, 11) is 3.30. The second-order valence-corrected chi connectivity index (χ2v) is 2.88. The van der Waals surface area contributed by atoms with Crippen molar-refractivity contribution in [1.29, 1.82) is 0 Å². The maximum Gasteiger partial charge on any atom is 1.00 e. The van der Waals surface area contributed by atoms with Crippen molar-refractivity contribution in [2.45, 2.75) is 0 Å². The van der Waals surface area contributed by atoms with Crippen LogP contribution in [0.5, 0.6) is 0 Å². The Kier molecular flexibility index (Phi) is 13.9. The molecule has 0 fully saturated rings. The fourth-order valence-electron chi connectivity index (χ4n) is 1.02. The molecule has 4 heteroatoms. The van der Waals surface area contributed by atoms with Crippen molar-refractivity contribution in [3.05, 3.63) is 72.3 Å². The topological polar surface area (TPSA) is 18.5 Å².